The number of rotatable bonds is 5. The van der Waals surface area contributed by atoms with Gasteiger partial charge in [0.05, 0.1) is 5.41 Å². The van der Waals surface area contributed by atoms with E-state index in [4.69, 9.17) is 0 Å². The molecule has 144 valence electrons. The maximum Gasteiger partial charge on any atom is 0.405 e. The first-order chi connectivity index (χ1) is 12.4. The molecule has 0 bridgehead atoms. The molecule has 7 heteroatoms. The summed E-state index contributed by atoms with van der Waals surface area (Å²) in [5.41, 5.74) is 0.210. The van der Waals surface area contributed by atoms with Crippen LogP contribution in [-0.4, -0.2) is 55.7 Å². The van der Waals surface area contributed by atoms with Gasteiger partial charge in [-0.15, -0.1) is 0 Å². The summed E-state index contributed by atoms with van der Waals surface area (Å²) in [6.07, 6.45) is -1.15. The van der Waals surface area contributed by atoms with Crippen molar-refractivity contribution in [3.8, 4) is 0 Å². The molecule has 1 aliphatic heterocycles. The Labute approximate surface area is 152 Å². The second-order valence-corrected chi connectivity index (χ2v) is 7.21. The van der Waals surface area contributed by atoms with Crippen LogP contribution in [0.5, 0.6) is 0 Å². The first-order valence-electron chi connectivity index (χ1n) is 9.29. The average Bonchev–Trinajstić information content (AvgIpc) is 3.13. The number of carbonyl (C=O) groups excluding carboxylic acids is 1. The van der Waals surface area contributed by atoms with Crippen molar-refractivity contribution in [3.05, 3.63) is 35.9 Å². The summed E-state index contributed by atoms with van der Waals surface area (Å²) in [6.45, 7) is 1.35. The highest BCUT2D eigenvalue weighted by molar-refractivity contribution is 5.88. The van der Waals surface area contributed by atoms with Crippen LogP contribution in [0.1, 0.15) is 31.2 Å². The van der Waals surface area contributed by atoms with Gasteiger partial charge in [-0.05, 0) is 18.4 Å². The van der Waals surface area contributed by atoms with Gasteiger partial charge in [-0.2, -0.15) is 13.2 Å². The summed E-state index contributed by atoms with van der Waals surface area (Å²) in [6, 6.07) is 7.81. The molecule has 2 aliphatic rings. The number of amides is 1. The van der Waals surface area contributed by atoms with Crippen molar-refractivity contribution in [2.45, 2.75) is 43.3 Å². The summed E-state index contributed by atoms with van der Waals surface area (Å²) in [5.74, 6) is -0.273. The van der Waals surface area contributed by atoms with Crippen molar-refractivity contribution in [2.75, 3.05) is 32.7 Å². The molecule has 0 spiro atoms. The van der Waals surface area contributed by atoms with Gasteiger partial charge in [0.25, 0.3) is 0 Å². The normalized spacial score (nSPS) is 22.1. The predicted octanol–water partition coefficient (Wildman–Crippen LogP) is 2.45. The molecule has 1 saturated heterocycles. The van der Waals surface area contributed by atoms with E-state index in [-0.39, 0.29) is 5.91 Å². The SMILES string of the molecule is O=C(NCC(N1CCNCC1)C(F)(F)F)C1(c2ccccc2)CCCC1. The number of nitrogens with zero attached hydrogens (tertiary/aromatic N) is 1. The Hall–Kier alpha value is -1.60. The number of piperazine rings is 1. The molecule has 1 unspecified atom stereocenters. The van der Waals surface area contributed by atoms with E-state index in [2.05, 4.69) is 10.6 Å². The molecule has 1 heterocycles. The number of alkyl halides is 3. The minimum absolute atomic E-state index is 0.273. The Morgan fingerprint density at radius 2 is 1.77 bits per heavy atom. The Morgan fingerprint density at radius 3 is 2.35 bits per heavy atom. The van der Waals surface area contributed by atoms with Crippen LogP contribution < -0.4 is 10.6 Å². The highest BCUT2D eigenvalue weighted by Crippen LogP contribution is 2.41. The van der Waals surface area contributed by atoms with Crippen LogP contribution in [-0.2, 0) is 10.2 Å². The predicted molar refractivity (Wildman–Crippen MR) is 93.9 cm³/mol. The topological polar surface area (TPSA) is 44.4 Å². The zero-order valence-electron chi connectivity index (χ0n) is 14.8. The summed E-state index contributed by atoms with van der Waals surface area (Å²) in [4.78, 5) is 14.4. The first-order valence-corrected chi connectivity index (χ1v) is 9.29. The summed E-state index contributed by atoms with van der Waals surface area (Å²) < 4.78 is 40.6. The Balaban J connectivity index is 1.72. The Bertz CT molecular complexity index is 594. The molecule has 3 rings (SSSR count). The second-order valence-electron chi connectivity index (χ2n) is 7.21. The molecular formula is C19H26F3N3O. The van der Waals surface area contributed by atoms with Gasteiger partial charge in [0.15, 0.2) is 0 Å². The lowest BCUT2D eigenvalue weighted by Gasteiger charge is -2.37. The lowest BCUT2D eigenvalue weighted by Crippen LogP contribution is -2.58. The fourth-order valence-corrected chi connectivity index (χ4v) is 4.19. The molecule has 2 N–H and O–H groups in total. The second kappa shape index (κ2) is 7.96. The molecule has 1 aromatic rings. The number of benzene rings is 1. The molecule has 1 aliphatic carbocycles. The smallest absolute Gasteiger partial charge is 0.353 e. The number of hydrogen-bond acceptors (Lipinski definition) is 3. The van der Waals surface area contributed by atoms with Crippen LogP contribution in [0.15, 0.2) is 30.3 Å². The van der Waals surface area contributed by atoms with Crippen molar-refractivity contribution >= 4 is 5.91 Å². The molecule has 0 radical (unpaired) electrons. The van der Waals surface area contributed by atoms with Crippen molar-refractivity contribution in [1.82, 2.24) is 15.5 Å². The number of carbonyl (C=O) groups is 1. The van der Waals surface area contributed by atoms with Crippen molar-refractivity contribution in [1.29, 1.82) is 0 Å². The van der Waals surface area contributed by atoms with Crippen LogP contribution in [0.2, 0.25) is 0 Å². The quantitative estimate of drug-likeness (QED) is 0.838. The number of hydrogen-bond donors (Lipinski definition) is 2. The zero-order chi connectivity index (χ0) is 18.6. The van der Waals surface area contributed by atoms with Gasteiger partial charge < -0.3 is 10.6 Å². The Kier molecular flexibility index (Phi) is 5.87. The third-order valence-corrected chi connectivity index (χ3v) is 5.64. The fourth-order valence-electron chi connectivity index (χ4n) is 4.19. The van der Waals surface area contributed by atoms with E-state index in [0.29, 0.717) is 39.0 Å². The molecule has 1 atom stereocenters. The summed E-state index contributed by atoms with van der Waals surface area (Å²) in [7, 11) is 0. The largest absolute Gasteiger partial charge is 0.405 e. The van der Waals surface area contributed by atoms with E-state index in [0.717, 1.165) is 18.4 Å². The van der Waals surface area contributed by atoms with E-state index in [1.54, 1.807) is 0 Å². The van der Waals surface area contributed by atoms with Gasteiger partial charge in [0, 0.05) is 32.7 Å². The summed E-state index contributed by atoms with van der Waals surface area (Å²) >= 11 is 0. The number of nitrogens with one attached hydrogen (secondary N) is 2. The van der Waals surface area contributed by atoms with Crippen LogP contribution in [0.4, 0.5) is 13.2 Å². The zero-order valence-corrected chi connectivity index (χ0v) is 14.8. The number of halogens is 3. The van der Waals surface area contributed by atoms with Gasteiger partial charge in [-0.25, -0.2) is 0 Å². The monoisotopic (exact) mass is 369 g/mol. The minimum atomic E-state index is -4.36. The fraction of sp³-hybridized carbons (Fsp3) is 0.632. The first kappa shape index (κ1) is 19.2. The van der Waals surface area contributed by atoms with Crippen molar-refractivity contribution in [3.63, 3.8) is 0 Å². The van der Waals surface area contributed by atoms with Crippen LogP contribution in [0.25, 0.3) is 0 Å². The molecular weight excluding hydrogens is 343 g/mol. The Morgan fingerprint density at radius 1 is 1.15 bits per heavy atom. The minimum Gasteiger partial charge on any atom is -0.353 e. The maximum atomic E-state index is 13.5. The average molecular weight is 369 g/mol. The molecule has 1 aromatic carbocycles. The van der Waals surface area contributed by atoms with Gasteiger partial charge >= 0.3 is 6.18 Å². The van der Waals surface area contributed by atoms with E-state index in [1.165, 1.54) is 4.90 Å². The van der Waals surface area contributed by atoms with Gasteiger partial charge in [-0.1, -0.05) is 43.2 Å². The summed E-state index contributed by atoms with van der Waals surface area (Å²) in [5, 5.41) is 5.71. The van der Waals surface area contributed by atoms with Crippen LogP contribution in [0.3, 0.4) is 0 Å². The molecule has 26 heavy (non-hydrogen) atoms. The van der Waals surface area contributed by atoms with E-state index >= 15 is 0 Å². The van der Waals surface area contributed by atoms with Crippen LogP contribution in [0, 0.1) is 0 Å². The van der Waals surface area contributed by atoms with Crippen molar-refractivity contribution in [2.24, 2.45) is 0 Å². The van der Waals surface area contributed by atoms with E-state index in [9.17, 15) is 18.0 Å². The third kappa shape index (κ3) is 4.04. The molecule has 4 nitrogen and oxygen atoms in total. The maximum absolute atomic E-state index is 13.5. The van der Waals surface area contributed by atoms with E-state index < -0.39 is 24.2 Å². The standard InChI is InChI=1S/C19H26F3N3O/c20-19(21,22)16(25-12-10-23-11-13-25)14-24-17(26)18(8-4-5-9-18)15-6-2-1-3-7-15/h1-3,6-7,16,23H,4-5,8-14H2,(H,24,26). The van der Waals surface area contributed by atoms with Crippen molar-refractivity contribution < 1.29 is 18.0 Å². The lowest BCUT2D eigenvalue weighted by atomic mass is 9.78. The van der Waals surface area contributed by atoms with Gasteiger partial charge in [0.2, 0.25) is 5.91 Å². The van der Waals surface area contributed by atoms with E-state index in [1.807, 2.05) is 30.3 Å². The molecule has 0 aromatic heterocycles. The molecule has 1 amide bonds. The van der Waals surface area contributed by atoms with Gasteiger partial charge in [-0.3, -0.25) is 9.69 Å². The van der Waals surface area contributed by atoms with Crippen LogP contribution >= 0.6 is 0 Å². The third-order valence-electron chi connectivity index (χ3n) is 5.64. The lowest BCUT2D eigenvalue weighted by molar-refractivity contribution is -0.184. The van der Waals surface area contributed by atoms with Gasteiger partial charge in [0.1, 0.15) is 6.04 Å². The molecule has 2 fully saturated rings. The highest BCUT2D eigenvalue weighted by atomic mass is 19.4. The highest BCUT2D eigenvalue weighted by Gasteiger charge is 2.46. The molecule has 1 saturated carbocycles.